The summed E-state index contributed by atoms with van der Waals surface area (Å²) in [6, 6.07) is 13.7. The first kappa shape index (κ1) is 18.9. The third-order valence-electron chi connectivity index (χ3n) is 5.85. The second-order valence-electron chi connectivity index (χ2n) is 7.61. The predicted molar refractivity (Wildman–Crippen MR) is 113 cm³/mol. The van der Waals surface area contributed by atoms with E-state index in [-0.39, 0.29) is 17.6 Å². The van der Waals surface area contributed by atoms with Crippen LogP contribution >= 0.6 is 11.6 Å². The zero-order valence-corrected chi connectivity index (χ0v) is 17.1. The highest BCUT2D eigenvalue weighted by Gasteiger charge is 2.40. The fourth-order valence-electron chi connectivity index (χ4n) is 4.59. The monoisotopic (exact) mass is 393 g/mol. The van der Waals surface area contributed by atoms with Gasteiger partial charge in [0.25, 0.3) is 0 Å². The number of allylic oxidation sites excluding steroid dienone is 2. The molecule has 144 valence electrons. The van der Waals surface area contributed by atoms with Crippen molar-refractivity contribution in [2.45, 2.75) is 51.9 Å². The molecule has 1 aliphatic heterocycles. The Kier molecular flexibility index (Phi) is 5.11. The van der Waals surface area contributed by atoms with Crippen molar-refractivity contribution in [2.24, 2.45) is 0 Å². The molecular weight excluding hydrogens is 370 g/mol. The van der Waals surface area contributed by atoms with Gasteiger partial charge in [-0.1, -0.05) is 48.9 Å². The van der Waals surface area contributed by atoms with Crippen LogP contribution < -0.4 is 4.90 Å². The van der Waals surface area contributed by atoms with Gasteiger partial charge in [0, 0.05) is 35.1 Å². The molecule has 0 spiro atoms. The fourth-order valence-corrected chi connectivity index (χ4v) is 4.78. The number of halogens is 1. The highest BCUT2D eigenvalue weighted by molar-refractivity contribution is 6.30. The maximum Gasteiger partial charge on any atom is 0.232 e. The van der Waals surface area contributed by atoms with E-state index >= 15 is 0 Å². The molecule has 1 heterocycles. The Labute approximate surface area is 171 Å². The maximum absolute atomic E-state index is 13.4. The van der Waals surface area contributed by atoms with Gasteiger partial charge in [-0.05, 0) is 55.0 Å². The molecule has 1 aliphatic carbocycles. The Morgan fingerprint density at radius 2 is 1.89 bits per heavy atom. The van der Waals surface area contributed by atoms with Crippen LogP contribution in [-0.2, 0) is 16.0 Å². The number of carbonyl (C=O) groups excluding carboxylic acids is 2. The van der Waals surface area contributed by atoms with E-state index in [4.69, 9.17) is 11.6 Å². The summed E-state index contributed by atoms with van der Waals surface area (Å²) in [5.41, 5.74) is 5.81. The second kappa shape index (κ2) is 7.56. The van der Waals surface area contributed by atoms with Crippen LogP contribution in [0.15, 0.2) is 53.7 Å². The lowest BCUT2D eigenvalue weighted by Crippen LogP contribution is -2.41. The number of carbonyl (C=O) groups is 2. The number of para-hydroxylation sites is 1. The number of aryl methyl sites for hydroxylation is 2. The van der Waals surface area contributed by atoms with Crippen molar-refractivity contribution in [1.29, 1.82) is 0 Å². The first-order valence-electron chi connectivity index (χ1n) is 9.94. The standard InChI is InChI=1S/C24H24ClNO2/c1-3-16-8-4-7-15(2)24(16)26-20-11-6-12-21(27)23(20)19(14-22(26)28)17-9-5-10-18(25)13-17/h4-5,7-10,13,19H,3,6,11-12,14H2,1-2H3. The van der Waals surface area contributed by atoms with Crippen molar-refractivity contribution in [2.75, 3.05) is 4.90 Å². The summed E-state index contributed by atoms with van der Waals surface area (Å²) in [7, 11) is 0. The molecule has 1 atom stereocenters. The van der Waals surface area contributed by atoms with E-state index in [1.54, 1.807) is 0 Å². The molecule has 3 nitrogen and oxygen atoms in total. The molecule has 0 bridgehead atoms. The third kappa shape index (κ3) is 3.18. The van der Waals surface area contributed by atoms with Gasteiger partial charge in [-0.3, -0.25) is 14.5 Å². The lowest BCUT2D eigenvalue weighted by molar-refractivity contribution is -0.119. The molecule has 28 heavy (non-hydrogen) atoms. The van der Waals surface area contributed by atoms with Crippen molar-refractivity contribution in [3.63, 3.8) is 0 Å². The quantitative estimate of drug-likeness (QED) is 0.666. The van der Waals surface area contributed by atoms with E-state index in [2.05, 4.69) is 13.0 Å². The van der Waals surface area contributed by atoms with Crippen molar-refractivity contribution >= 4 is 29.0 Å². The Hall–Kier alpha value is -2.39. The number of amides is 1. The molecule has 1 amide bonds. The average Bonchev–Trinajstić information content (AvgIpc) is 2.68. The number of ketones is 1. The molecule has 0 fully saturated rings. The number of Topliss-reactive ketones (excluding diaryl/α,β-unsaturated/α-hetero) is 1. The van der Waals surface area contributed by atoms with Gasteiger partial charge in [-0.15, -0.1) is 0 Å². The molecule has 0 N–H and O–H groups in total. The Morgan fingerprint density at radius 1 is 1.11 bits per heavy atom. The van der Waals surface area contributed by atoms with Crippen LogP contribution in [0.4, 0.5) is 5.69 Å². The van der Waals surface area contributed by atoms with Gasteiger partial charge in [0.05, 0.1) is 5.69 Å². The maximum atomic E-state index is 13.4. The van der Waals surface area contributed by atoms with Gasteiger partial charge in [0.2, 0.25) is 5.91 Å². The molecule has 2 aromatic carbocycles. The highest BCUT2D eigenvalue weighted by atomic mass is 35.5. The molecule has 4 heteroatoms. The summed E-state index contributed by atoms with van der Waals surface area (Å²) in [6.45, 7) is 4.14. The normalized spacial score (nSPS) is 19.8. The number of hydrogen-bond donors (Lipinski definition) is 0. The Balaban J connectivity index is 1.92. The molecule has 0 saturated heterocycles. The zero-order chi connectivity index (χ0) is 19.8. The molecule has 0 radical (unpaired) electrons. The first-order valence-corrected chi connectivity index (χ1v) is 10.3. The van der Waals surface area contributed by atoms with Gasteiger partial charge in [0.1, 0.15) is 0 Å². The summed E-state index contributed by atoms with van der Waals surface area (Å²) in [5, 5.41) is 0.630. The van der Waals surface area contributed by atoms with E-state index in [1.165, 1.54) is 0 Å². The van der Waals surface area contributed by atoms with E-state index in [0.717, 1.165) is 52.9 Å². The molecular formula is C24H24ClNO2. The smallest absolute Gasteiger partial charge is 0.232 e. The van der Waals surface area contributed by atoms with E-state index in [1.807, 2.05) is 48.2 Å². The number of rotatable bonds is 3. The summed E-state index contributed by atoms with van der Waals surface area (Å²) in [6.07, 6.45) is 3.22. The number of anilines is 1. The largest absolute Gasteiger partial charge is 0.294 e. The van der Waals surface area contributed by atoms with Gasteiger partial charge >= 0.3 is 0 Å². The number of hydrogen-bond acceptors (Lipinski definition) is 2. The fraction of sp³-hybridized carbons (Fsp3) is 0.333. The van der Waals surface area contributed by atoms with Gasteiger partial charge in [0.15, 0.2) is 5.78 Å². The van der Waals surface area contributed by atoms with Crippen LogP contribution in [0.5, 0.6) is 0 Å². The second-order valence-corrected chi connectivity index (χ2v) is 8.05. The SMILES string of the molecule is CCc1cccc(C)c1N1C(=O)CC(c2cccc(Cl)c2)C2=C1CCCC2=O. The minimum atomic E-state index is -0.209. The molecule has 2 aliphatic rings. The van der Waals surface area contributed by atoms with Gasteiger partial charge in [-0.25, -0.2) is 0 Å². The summed E-state index contributed by atoms with van der Waals surface area (Å²) >= 11 is 6.20. The third-order valence-corrected chi connectivity index (χ3v) is 6.09. The van der Waals surface area contributed by atoms with Crippen LogP contribution in [0, 0.1) is 6.92 Å². The lowest BCUT2D eigenvalue weighted by Gasteiger charge is -2.39. The van der Waals surface area contributed by atoms with E-state index in [0.29, 0.717) is 17.9 Å². The summed E-state index contributed by atoms with van der Waals surface area (Å²) in [4.78, 5) is 28.2. The molecule has 0 aromatic heterocycles. The van der Waals surface area contributed by atoms with Crippen LogP contribution in [0.25, 0.3) is 0 Å². The molecule has 4 rings (SSSR count). The number of benzene rings is 2. The van der Waals surface area contributed by atoms with Crippen molar-refractivity contribution in [1.82, 2.24) is 0 Å². The Bertz CT molecular complexity index is 992. The summed E-state index contributed by atoms with van der Waals surface area (Å²) in [5.74, 6) is 0.0112. The Morgan fingerprint density at radius 3 is 2.64 bits per heavy atom. The van der Waals surface area contributed by atoms with E-state index in [9.17, 15) is 9.59 Å². The first-order chi connectivity index (χ1) is 13.5. The zero-order valence-electron chi connectivity index (χ0n) is 16.3. The van der Waals surface area contributed by atoms with Crippen molar-refractivity contribution in [3.05, 3.63) is 75.4 Å². The minimum absolute atomic E-state index is 0.0578. The van der Waals surface area contributed by atoms with Gasteiger partial charge in [-0.2, -0.15) is 0 Å². The topological polar surface area (TPSA) is 37.4 Å². The van der Waals surface area contributed by atoms with Crippen LogP contribution in [-0.4, -0.2) is 11.7 Å². The predicted octanol–water partition coefficient (Wildman–Crippen LogP) is 5.74. The average molecular weight is 394 g/mol. The van der Waals surface area contributed by atoms with Crippen molar-refractivity contribution in [3.8, 4) is 0 Å². The molecule has 2 aromatic rings. The van der Waals surface area contributed by atoms with E-state index < -0.39 is 0 Å². The highest BCUT2D eigenvalue weighted by Crippen LogP contribution is 2.45. The van der Waals surface area contributed by atoms with Crippen LogP contribution in [0.1, 0.15) is 55.2 Å². The van der Waals surface area contributed by atoms with Crippen LogP contribution in [0.3, 0.4) is 0 Å². The van der Waals surface area contributed by atoms with Gasteiger partial charge < -0.3 is 0 Å². The molecule has 0 saturated carbocycles. The minimum Gasteiger partial charge on any atom is -0.294 e. The van der Waals surface area contributed by atoms with Crippen molar-refractivity contribution < 1.29 is 9.59 Å². The lowest BCUT2D eigenvalue weighted by atomic mass is 9.77. The summed E-state index contributed by atoms with van der Waals surface area (Å²) < 4.78 is 0. The number of nitrogens with zero attached hydrogens (tertiary/aromatic N) is 1. The molecule has 1 unspecified atom stereocenters. The van der Waals surface area contributed by atoms with Crippen LogP contribution in [0.2, 0.25) is 5.02 Å².